The number of ether oxygens (including phenoxy) is 1. The van der Waals surface area contributed by atoms with Crippen molar-refractivity contribution in [2.75, 3.05) is 11.9 Å². The summed E-state index contributed by atoms with van der Waals surface area (Å²) >= 11 is 0. The zero-order chi connectivity index (χ0) is 22.0. The first-order valence-corrected chi connectivity index (χ1v) is 10.0. The van der Waals surface area contributed by atoms with E-state index >= 15 is 0 Å². The maximum Gasteiger partial charge on any atom is 0.416 e. The third kappa shape index (κ3) is 5.14. The Bertz CT molecular complexity index is 1090. The second-order valence-electron chi connectivity index (χ2n) is 7.72. The fourth-order valence-corrected chi connectivity index (χ4v) is 3.27. The number of benzene rings is 2. The molecular weight excluding hydrogens is 407 g/mol. The van der Waals surface area contributed by atoms with Crippen molar-refractivity contribution in [1.29, 1.82) is 0 Å². The Morgan fingerprint density at radius 1 is 1.19 bits per heavy atom. The van der Waals surface area contributed by atoms with E-state index in [4.69, 9.17) is 4.74 Å². The number of halogens is 3. The summed E-state index contributed by atoms with van der Waals surface area (Å²) in [4.78, 5) is 12.8. The van der Waals surface area contributed by atoms with Crippen LogP contribution in [0.4, 0.5) is 18.9 Å². The quantitative estimate of drug-likeness (QED) is 0.549. The molecular formula is C23H22F3N3O2. The summed E-state index contributed by atoms with van der Waals surface area (Å²) in [5, 5.41) is 6.94. The molecule has 0 bridgehead atoms. The molecule has 1 N–H and O–H groups in total. The average Bonchev–Trinajstić information content (AvgIpc) is 3.47. The molecule has 8 heteroatoms. The number of nitrogens with one attached hydrogen (secondary N) is 1. The molecule has 0 spiro atoms. The minimum Gasteiger partial charge on any atom is -0.376 e. The van der Waals surface area contributed by atoms with Crippen molar-refractivity contribution in [3.8, 4) is 5.69 Å². The van der Waals surface area contributed by atoms with Gasteiger partial charge in [-0.15, -0.1) is 0 Å². The van der Waals surface area contributed by atoms with Crippen LogP contribution in [0.25, 0.3) is 5.69 Å². The number of alkyl halides is 3. The highest BCUT2D eigenvalue weighted by atomic mass is 19.4. The molecule has 0 radical (unpaired) electrons. The predicted octanol–water partition coefficient (Wildman–Crippen LogP) is 5.38. The van der Waals surface area contributed by atoms with E-state index in [1.54, 1.807) is 13.0 Å². The van der Waals surface area contributed by atoms with Crippen molar-refractivity contribution in [2.24, 2.45) is 5.92 Å². The first kappa shape index (κ1) is 21.1. The van der Waals surface area contributed by atoms with E-state index in [2.05, 4.69) is 10.4 Å². The van der Waals surface area contributed by atoms with E-state index < -0.39 is 11.7 Å². The van der Waals surface area contributed by atoms with Crippen LogP contribution in [-0.2, 0) is 17.5 Å². The standard InChI is InChI=1S/C23H22F3N3O2/c1-15-21(12-27-29(15)20-7-3-5-18(11-20)23(24,25)26)22(30)28-19-6-2-4-17(10-19)14-31-13-16-8-9-16/h2-7,10-12,16H,8-9,13-14H2,1H3,(H,28,30). The second-order valence-corrected chi connectivity index (χ2v) is 7.72. The van der Waals surface area contributed by atoms with Gasteiger partial charge in [-0.25, -0.2) is 4.68 Å². The Labute approximate surface area is 177 Å². The van der Waals surface area contributed by atoms with Crippen LogP contribution in [-0.4, -0.2) is 22.3 Å². The lowest BCUT2D eigenvalue weighted by atomic mass is 10.1. The smallest absolute Gasteiger partial charge is 0.376 e. The van der Waals surface area contributed by atoms with Crippen LogP contribution in [0.5, 0.6) is 0 Å². The number of anilines is 1. The van der Waals surface area contributed by atoms with E-state index in [1.165, 1.54) is 35.9 Å². The van der Waals surface area contributed by atoms with Crippen LogP contribution in [0, 0.1) is 12.8 Å². The van der Waals surface area contributed by atoms with Gasteiger partial charge in [-0.1, -0.05) is 18.2 Å². The number of amides is 1. The number of rotatable bonds is 7. The van der Waals surface area contributed by atoms with Gasteiger partial charge in [0.05, 0.1) is 35.3 Å². The largest absolute Gasteiger partial charge is 0.416 e. The third-order valence-electron chi connectivity index (χ3n) is 5.18. The van der Waals surface area contributed by atoms with Gasteiger partial charge in [0.25, 0.3) is 5.91 Å². The number of aromatic nitrogens is 2. The average molecular weight is 429 g/mol. The lowest BCUT2D eigenvalue weighted by Crippen LogP contribution is -2.13. The fraction of sp³-hybridized carbons (Fsp3) is 0.304. The van der Waals surface area contributed by atoms with Gasteiger partial charge in [0.2, 0.25) is 0 Å². The Kier molecular flexibility index (Phi) is 5.82. The van der Waals surface area contributed by atoms with E-state index in [0.717, 1.165) is 24.3 Å². The van der Waals surface area contributed by atoms with Crippen molar-refractivity contribution in [2.45, 2.75) is 32.5 Å². The molecule has 2 aromatic carbocycles. The van der Waals surface area contributed by atoms with Crippen molar-refractivity contribution in [1.82, 2.24) is 9.78 Å². The van der Waals surface area contributed by atoms with Gasteiger partial charge in [0, 0.05) is 12.3 Å². The molecule has 1 aliphatic carbocycles. The zero-order valence-corrected chi connectivity index (χ0v) is 16.9. The van der Waals surface area contributed by atoms with Gasteiger partial charge >= 0.3 is 6.18 Å². The van der Waals surface area contributed by atoms with Gasteiger partial charge in [0.1, 0.15) is 0 Å². The van der Waals surface area contributed by atoms with E-state index in [9.17, 15) is 18.0 Å². The third-order valence-corrected chi connectivity index (χ3v) is 5.18. The summed E-state index contributed by atoms with van der Waals surface area (Å²) in [6.45, 7) is 2.88. The molecule has 0 unspecified atom stereocenters. The number of hydrogen-bond donors (Lipinski definition) is 1. The summed E-state index contributed by atoms with van der Waals surface area (Å²) in [6.07, 6.45) is -0.647. The highest BCUT2D eigenvalue weighted by Gasteiger charge is 2.30. The topological polar surface area (TPSA) is 56.1 Å². The van der Waals surface area contributed by atoms with Gasteiger partial charge in [0.15, 0.2) is 0 Å². The fourth-order valence-electron chi connectivity index (χ4n) is 3.27. The van der Waals surface area contributed by atoms with Gasteiger partial charge < -0.3 is 10.1 Å². The molecule has 0 aliphatic heterocycles. The monoisotopic (exact) mass is 429 g/mol. The molecule has 3 aromatic rings. The molecule has 5 nitrogen and oxygen atoms in total. The summed E-state index contributed by atoms with van der Waals surface area (Å²) < 4.78 is 46.0. The highest BCUT2D eigenvalue weighted by Crippen LogP contribution is 2.31. The minimum absolute atomic E-state index is 0.237. The van der Waals surface area contributed by atoms with Crippen LogP contribution < -0.4 is 5.32 Å². The van der Waals surface area contributed by atoms with Gasteiger partial charge in [-0.2, -0.15) is 18.3 Å². The number of carbonyl (C=O) groups excluding carboxylic acids is 1. The summed E-state index contributed by atoms with van der Waals surface area (Å²) in [5.74, 6) is 0.297. The predicted molar refractivity (Wildman–Crippen MR) is 110 cm³/mol. The molecule has 4 rings (SSSR count). The van der Waals surface area contributed by atoms with Crippen molar-refractivity contribution in [3.63, 3.8) is 0 Å². The van der Waals surface area contributed by atoms with Crippen LogP contribution in [0.2, 0.25) is 0 Å². The molecule has 1 aliphatic rings. The van der Waals surface area contributed by atoms with Crippen LogP contribution in [0.1, 0.15) is 40.0 Å². The number of hydrogen-bond acceptors (Lipinski definition) is 3. The van der Waals surface area contributed by atoms with Crippen LogP contribution in [0.3, 0.4) is 0 Å². The van der Waals surface area contributed by atoms with Crippen molar-refractivity contribution < 1.29 is 22.7 Å². The Morgan fingerprint density at radius 2 is 1.97 bits per heavy atom. The molecule has 1 fully saturated rings. The maximum atomic E-state index is 13.0. The first-order valence-electron chi connectivity index (χ1n) is 10.0. The Hall–Kier alpha value is -3.13. The van der Waals surface area contributed by atoms with Gasteiger partial charge in [-0.05, 0) is 61.6 Å². The van der Waals surface area contributed by atoms with Crippen LogP contribution in [0.15, 0.2) is 54.7 Å². The summed E-state index contributed by atoms with van der Waals surface area (Å²) in [5.41, 5.74) is 1.76. The molecule has 1 heterocycles. The minimum atomic E-state index is -4.45. The molecule has 1 saturated carbocycles. The highest BCUT2D eigenvalue weighted by molar-refractivity contribution is 6.05. The van der Waals surface area contributed by atoms with E-state index in [-0.39, 0.29) is 17.2 Å². The lowest BCUT2D eigenvalue weighted by Gasteiger charge is -2.11. The normalized spacial score (nSPS) is 13.9. The Morgan fingerprint density at radius 3 is 2.71 bits per heavy atom. The van der Waals surface area contributed by atoms with E-state index in [1.807, 2.05) is 18.2 Å². The molecule has 1 aromatic heterocycles. The summed E-state index contributed by atoms with van der Waals surface area (Å²) in [6, 6.07) is 12.2. The SMILES string of the molecule is Cc1c(C(=O)Nc2cccc(COCC3CC3)c2)cnn1-c1cccc(C(F)(F)F)c1. The van der Waals surface area contributed by atoms with Crippen molar-refractivity contribution >= 4 is 11.6 Å². The number of carbonyl (C=O) groups is 1. The van der Waals surface area contributed by atoms with Gasteiger partial charge in [-0.3, -0.25) is 4.79 Å². The molecule has 0 atom stereocenters. The molecule has 1 amide bonds. The van der Waals surface area contributed by atoms with Crippen LogP contribution >= 0.6 is 0 Å². The first-order chi connectivity index (χ1) is 14.8. The molecule has 162 valence electrons. The Balaban J connectivity index is 1.47. The zero-order valence-electron chi connectivity index (χ0n) is 16.9. The second kappa shape index (κ2) is 8.55. The summed E-state index contributed by atoms with van der Waals surface area (Å²) in [7, 11) is 0. The molecule has 31 heavy (non-hydrogen) atoms. The molecule has 0 saturated heterocycles. The maximum absolute atomic E-state index is 13.0. The number of nitrogens with zero attached hydrogens (tertiary/aromatic N) is 2. The van der Waals surface area contributed by atoms with Crippen molar-refractivity contribution in [3.05, 3.63) is 77.1 Å². The van der Waals surface area contributed by atoms with E-state index in [0.29, 0.717) is 23.9 Å². The lowest BCUT2D eigenvalue weighted by molar-refractivity contribution is -0.137.